The van der Waals surface area contributed by atoms with E-state index in [1.165, 1.54) is 0 Å². The maximum absolute atomic E-state index is 12.3. The maximum atomic E-state index is 12.3. The van der Waals surface area contributed by atoms with Gasteiger partial charge in [-0.05, 0) is 38.0 Å². The van der Waals surface area contributed by atoms with E-state index in [0.29, 0.717) is 18.7 Å². The summed E-state index contributed by atoms with van der Waals surface area (Å²) in [6, 6.07) is 5.35. The summed E-state index contributed by atoms with van der Waals surface area (Å²) in [5, 5.41) is 12.9. The molecule has 0 bridgehead atoms. The van der Waals surface area contributed by atoms with E-state index < -0.39 is 11.9 Å². The lowest BCUT2D eigenvalue weighted by Gasteiger charge is -2.30. The molecular weight excluding hydrogens is 302 g/mol. The SMILES string of the molecule is Cc1nc2ccc(NC(=O)N3CCCC(C(=O)O)C3)cc2s1. The Morgan fingerprint density at radius 3 is 3.05 bits per heavy atom. The number of urea groups is 1. The fourth-order valence-corrected chi connectivity index (χ4v) is 3.55. The number of hydrogen-bond donors (Lipinski definition) is 2. The number of thiazole rings is 1. The number of likely N-dealkylation sites (tertiary alicyclic amines) is 1. The van der Waals surface area contributed by atoms with Gasteiger partial charge in [0.15, 0.2) is 0 Å². The molecule has 1 aliphatic heterocycles. The number of anilines is 1. The summed E-state index contributed by atoms with van der Waals surface area (Å²) in [6.07, 6.45) is 1.35. The maximum Gasteiger partial charge on any atom is 0.321 e. The van der Waals surface area contributed by atoms with E-state index in [1.807, 2.05) is 25.1 Å². The molecule has 0 saturated carbocycles. The van der Waals surface area contributed by atoms with Gasteiger partial charge in [-0.1, -0.05) is 0 Å². The fraction of sp³-hybridized carbons (Fsp3) is 0.400. The van der Waals surface area contributed by atoms with Gasteiger partial charge in [-0.25, -0.2) is 9.78 Å². The van der Waals surface area contributed by atoms with Crippen molar-refractivity contribution in [1.82, 2.24) is 9.88 Å². The van der Waals surface area contributed by atoms with E-state index in [0.717, 1.165) is 21.6 Å². The van der Waals surface area contributed by atoms with Gasteiger partial charge < -0.3 is 15.3 Å². The third-order valence-corrected chi connectivity index (χ3v) is 4.74. The number of aryl methyl sites for hydroxylation is 1. The molecule has 0 spiro atoms. The number of carboxylic acid groups (broad SMARTS) is 1. The number of piperidine rings is 1. The topological polar surface area (TPSA) is 82.5 Å². The molecule has 1 unspecified atom stereocenters. The number of nitrogens with zero attached hydrogens (tertiary/aromatic N) is 2. The van der Waals surface area contributed by atoms with Crippen molar-refractivity contribution in [2.24, 2.45) is 5.92 Å². The van der Waals surface area contributed by atoms with Gasteiger partial charge in [0.1, 0.15) is 0 Å². The van der Waals surface area contributed by atoms with Gasteiger partial charge in [0, 0.05) is 18.8 Å². The van der Waals surface area contributed by atoms with Crippen LogP contribution < -0.4 is 5.32 Å². The van der Waals surface area contributed by atoms with E-state index in [2.05, 4.69) is 10.3 Å². The highest BCUT2D eigenvalue weighted by Crippen LogP contribution is 2.25. The van der Waals surface area contributed by atoms with Crippen molar-refractivity contribution >= 4 is 39.2 Å². The first-order chi connectivity index (χ1) is 10.5. The number of fused-ring (bicyclic) bond motifs is 1. The highest BCUT2D eigenvalue weighted by Gasteiger charge is 2.28. The Bertz CT molecular complexity index is 728. The van der Waals surface area contributed by atoms with E-state index in [1.54, 1.807) is 16.2 Å². The van der Waals surface area contributed by atoms with Crippen LogP contribution in [0.1, 0.15) is 17.8 Å². The van der Waals surface area contributed by atoms with Crippen molar-refractivity contribution in [1.29, 1.82) is 0 Å². The van der Waals surface area contributed by atoms with E-state index >= 15 is 0 Å². The number of hydrogen-bond acceptors (Lipinski definition) is 4. The number of carbonyl (C=O) groups is 2. The number of amides is 2. The fourth-order valence-electron chi connectivity index (χ4n) is 2.68. The molecule has 2 N–H and O–H groups in total. The van der Waals surface area contributed by atoms with Crippen LogP contribution in [0.15, 0.2) is 18.2 Å². The van der Waals surface area contributed by atoms with Crippen LogP contribution in [0.2, 0.25) is 0 Å². The summed E-state index contributed by atoms with van der Waals surface area (Å²) in [7, 11) is 0. The van der Waals surface area contributed by atoms with Crippen molar-refractivity contribution in [3.8, 4) is 0 Å². The first-order valence-corrected chi connectivity index (χ1v) is 8.00. The van der Waals surface area contributed by atoms with Crippen molar-refractivity contribution in [2.45, 2.75) is 19.8 Å². The smallest absolute Gasteiger partial charge is 0.321 e. The second-order valence-electron chi connectivity index (χ2n) is 5.47. The Morgan fingerprint density at radius 1 is 1.45 bits per heavy atom. The minimum absolute atomic E-state index is 0.244. The van der Waals surface area contributed by atoms with Crippen LogP contribution in [0.3, 0.4) is 0 Å². The molecule has 3 rings (SSSR count). The first kappa shape index (κ1) is 14.8. The zero-order chi connectivity index (χ0) is 15.7. The molecule has 1 aromatic carbocycles. The average molecular weight is 319 g/mol. The minimum Gasteiger partial charge on any atom is -0.481 e. The van der Waals surface area contributed by atoms with Crippen molar-refractivity contribution < 1.29 is 14.7 Å². The molecule has 116 valence electrons. The van der Waals surface area contributed by atoms with Gasteiger partial charge >= 0.3 is 12.0 Å². The second-order valence-corrected chi connectivity index (χ2v) is 6.70. The highest BCUT2D eigenvalue weighted by molar-refractivity contribution is 7.18. The Labute approximate surface area is 131 Å². The Hall–Kier alpha value is -2.15. The number of nitrogens with one attached hydrogen (secondary N) is 1. The second kappa shape index (κ2) is 5.92. The molecule has 1 fully saturated rings. The number of benzene rings is 1. The molecular formula is C15H17N3O3S. The molecule has 1 atom stereocenters. The van der Waals surface area contributed by atoms with E-state index in [-0.39, 0.29) is 12.6 Å². The monoisotopic (exact) mass is 319 g/mol. The third-order valence-electron chi connectivity index (χ3n) is 3.80. The van der Waals surface area contributed by atoms with Gasteiger partial charge in [0.05, 0.1) is 21.1 Å². The Balaban J connectivity index is 1.70. The Morgan fingerprint density at radius 2 is 2.27 bits per heavy atom. The lowest BCUT2D eigenvalue weighted by Crippen LogP contribution is -2.44. The molecule has 2 aromatic rings. The molecule has 0 radical (unpaired) electrons. The predicted molar refractivity (Wildman–Crippen MR) is 85.3 cm³/mol. The van der Waals surface area contributed by atoms with Crippen molar-refractivity contribution in [2.75, 3.05) is 18.4 Å². The van der Waals surface area contributed by atoms with Gasteiger partial charge in [-0.3, -0.25) is 4.79 Å². The van der Waals surface area contributed by atoms with Crippen molar-refractivity contribution in [3.63, 3.8) is 0 Å². The molecule has 6 nitrogen and oxygen atoms in total. The van der Waals surface area contributed by atoms with Crippen LogP contribution >= 0.6 is 11.3 Å². The predicted octanol–water partition coefficient (Wildman–Crippen LogP) is 2.93. The van der Waals surface area contributed by atoms with Crippen LogP contribution in [-0.4, -0.2) is 40.1 Å². The molecule has 1 aliphatic rings. The third kappa shape index (κ3) is 3.04. The molecule has 22 heavy (non-hydrogen) atoms. The summed E-state index contributed by atoms with van der Waals surface area (Å²) >= 11 is 1.58. The van der Waals surface area contributed by atoms with Gasteiger partial charge in [-0.15, -0.1) is 11.3 Å². The van der Waals surface area contributed by atoms with Crippen LogP contribution in [0.25, 0.3) is 10.2 Å². The molecule has 7 heteroatoms. The number of aromatic nitrogens is 1. The lowest BCUT2D eigenvalue weighted by molar-refractivity contribution is -0.143. The highest BCUT2D eigenvalue weighted by atomic mass is 32.1. The van der Waals surface area contributed by atoms with E-state index in [4.69, 9.17) is 5.11 Å². The first-order valence-electron chi connectivity index (χ1n) is 7.19. The Kier molecular flexibility index (Phi) is 3.98. The van der Waals surface area contributed by atoms with Gasteiger partial charge in [0.25, 0.3) is 0 Å². The molecule has 1 aromatic heterocycles. The standard InChI is InChI=1S/C15H17N3O3S/c1-9-16-12-5-4-11(7-13(12)22-9)17-15(21)18-6-2-3-10(8-18)14(19)20/h4-5,7,10H,2-3,6,8H2,1H3,(H,17,21)(H,19,20). The van der Waals surface area contributed by atoms with Gasteiger partial charge in [0.2, 0.25) is 0 Å². The number of carboxylic acids is 1. The zero-order valence-electron chi connectivity index (χ0n) is 12.2. The number of rotatable bonds is 2. The van der Waals surface area contributed by atoms with Crippen LogP contribution in [0.4, 0.5) is 10.5 Å². The lowest BCUT2D eigenvalue weighted by atomic mass is 9.99. The molecule has 0 aliphatic carbocycles. The summed E-state index contributed by atoms with van der Waals surface area (Å²) in [5.74, 6) is -1.30. The quantitative estimate of drug-likeness (QED) is 0.891. The average Bonchev–Trinajstić information content (AvgIpc) is 2.86. The number of carbonyl (C=O) groups excluding carboxylic acids is 1. The molecule has 2 amide bonds. The summed E-state index contributed by atoms with van der Waals surface area (Å²) in [4.78, 5) is 29.3. The summed E-state index contributed by atoms with van der Waals surface area (Å²) in [5.41, 5.74) is 1.63. The van der Waals surface area contributed by atoms with E-state index in [9.17, 15) is 9.59 Å². The number of aliphatic carboxylic acids is 1. The van der Waals surface area contributed by atoms with Crippen molar-refractivity contribution in [3.05, 3.63) is 23.2 Å². The van der Waals surface area contributed by atoms with Crippen LogP contribution in [0, 0.1) is 12.8 Å². The minimum atomic E-state index is -0.834. The molecule has 2 heterocycles. The van der Waals surface area contributed by atoms with Crippen LogP contribution in [-0.2, 0) is 4.79 Å². The van der Waals surface area contributed by atoms with Gasteiger partial charge in [-0.2, -0.15) is 0 Å². The normalized spacial score (nSPS) is 18.4. The largest absolute Gasteiger partial charge is 0.481 e. The summed E-state index contributed by atoms with van der Waals surface area (Å²) < 4.78 is 1.03. The summed E-state index contributed by atoms with van der Waals surface area (Å²) in [6.45, 7) is 2.81. The molecule has 1 saturated heterocycles. The van der Waals surface area contributed by atoms with Crippen LogP contribution in [0.5, 0.6) is 0 Å². The zero-order valence-corrected chi connectivity index (χ0v) is 13.0.